The standard InChI is InChI=1S/C19H17F2N3O4S/c1-2-19(20,21)28-12-6-3-5-11(9-12)10-22-17(26)14-15(25)18(27)24-16(23-14)13-7-4-8-29-13/h3-9,25H,2,10H2,1H3,(H,22,26)(H,23,24,27). The van der Waals surface area contributed by atoms with Crippen molar-refractivity contribution in [2.45, 2.75) is 26.0 Å². The third kappa shape index (κ3) is 4.96. The molecule has 0 radical (unpaired) electrons. The summed E-state index contributed by atoms with van der Waals surface area (Å²) in [5.41, 5.74) is -0.779. The monoisotopic (exact) mass is 421 g/mol. The van der Waals surface area contributed by atoms with E-state index in [1.165, 1.54) is 36.5 Å². The molecule has 0 unspecified atom stereocenters. The van der Waals surface area contributed by atoms with Crippen molar-refractivity contribution in [3.05, 3.63) is 63.4 Å². The number of aromatic hydroxyl groups is 1. The zero-order chi connectivity index (χ0) is 21.0. The second-order valence-corrected chi connectivity index (χ2v) is 6.96. The fourth-order valence-corrected chi connectivity index (χ4v) is 3.05. The van der Waals surface area contributed by atoms with Crippen molar-refractivity contribution in [2.75, 3.05) is 0 Å². The minimum absolute atomic E-state index is 0.0410. The van der Waals surface area contributed by atoms with E-state index in [0.29, 0.717) is 10.4 Å². The average Bonchev–Trinajstić information content (AvgIpc) is 3.23. The second kappa shape index (κ2) is 8.39. The highest BCUT2D eigenvalue weighted by atomic mass is 32.1. The number of benzene rings is 1. The maximum Gasteiger partial charge on any atom is 0.397 e. The van der Waals surface area contributed by atoms with E-state index in [0.717, 1.165) is 0 Å². The summed E-state index contributed by atoms with van der Waals surface area (Å²) in [5.74, 6) is -1.47. The number of aromatic amines is 1. The summed E-state index contributed by atoms with van der Waals surface area (Å²) < 4.78 is 31.4. The highest BCUT2D eigenvalue weighted by Crippen LogP contribution is 2.25. The fraction of sp³-hybridized carbons (Fsp3) is 0.211. The topological polar surface area (TPSA) is 104 Å². The van der Waals surface area contributed by atoms with Gasteiger partial charge in [-0.05, 0) is 29.1 Å². The summed E-state index contributed by atoms with van der Waals surface area (Å²) in [6.45, 7) is 1.26. The van der Waals surface area contributed by atoms with Crippen molar-refractivity contribution >= 4 is 17.2 Å². The first-order valence-electron chi connectivity index (χ1n) is 8.60. The number of carbonyl (C=O) groups excluding carboxylic acids is 1. The molecule has 0 saturated carbocycles. The Morgan fingerprint density at radius 2 is 2.14 bits per heavy atom. The van der Waals surface area contributed by atoms with Crippen LogP contribution < -0.4 is 15.6 Å². The van der Waals surface area contributed by atoms with Crippen molar-refractivity contribution in [1.29, 1.82) is 0 Å². The molecule has 3 rings (SSSR count). The van der Waals surface area contributed by atoms with E-state index in [2.05, 4.69) is 20.0 Å². The molecule has 7 nitrogen and oxygen atoms in total. The minimum atomic E-state index is -3.29. The molecule has 0 fully saturated rings. The quantitative estimate of drug-likeness (QED) is 0.542. The zero-order valence-corrected chi connectivity index (χ0v) is 16.1. The third-order valence-electron chi connectivity index (χ3n) is 3.89. The molecule has 0 bridgehead atoms. The van der Waals surface area contributed by atoms with Gasteiger partial charge in [0.2, 0.25) is 5.75 Å². The molecule has 152 valence electrons. The van der Waals surface area contributed by atoms with Crippen LogP contribution in [0.1, 0.15) is 29.4 Å². The molecule has 1 aromatic carbocycles. The van der Waals surface area contributed by atoms with E-state index in [4.69, 9.17) is 0 Å². The molecule has 0 aliphatic heterocycles. The van der Waals surface area contributed by atoms with E-state index in [-0.39, 0.29) is 18.1 Å². The Hall–Kier alpha value is -3.27. The predicted molar refractivity (Wildman–Crippen MR) is 103 cm³/mol. The maximum atomic E-state index is 13.4. The van der Waals surface area contributed by atoms with Crippen LogP contribution in [0.5, 0.6) is 11.5 Å². The van der Waals surface area contributed by atoms with E-state index in [1.54, 1.807) is 23.6 Å². The van der Waals surface area contributed by atoms with Gasteiger partial charge in [0, 0.05) is 13.0 Å². The number of rotatable bonds is 7. The Morgan fingerprint density at radius 3 is 2.83 bits per heavy atom. The number of thiophene rings is 1. The minimum Gasteiger partial charge on any atom is -0.501 e. The highest BCUT2D eigenvalue weighted by molar-refractivity contribution is 7.13. The van der Waals surface area contributed by atoms with Crippen molar-refractivity contribution in [2.24, 2.45) is 0 Å². The smallest absolute Gasteiger partial charge is 0.397 e. The molecule has 2 heterocycles. The lowest BCUT2D eigenvalue weighted by Crippen LogP contribution is -2.27. The van der Waals surface area contributed by atoms with Crippen molar-refractivity contribution in [3.63, 3.8) is 0 Å². The SMILES string of the molecule is CCC(F)(F)Oc1cccc(CNC(=O)c2nc(-c3cccs3)[nH]c(=O)c2O)c1. The summed E-state index contributed by atoms with van der Waals surface area (Å²) in [7, 11) is 0. The van der Waals surface area contributed by atoms with Gasteiger partial charge in [-0.3, -0.25) is 9.59 Å². The van der Waals surface area contributed by atoms with Crippen LogP contribution in [-0.4, -0.2) is 27.1 Å². The Morgan fingerprint density at radius 1 is 1.34 bits per heavy atom. The molecular weight excluding hydrogens is 404 g/mol. The van der Waals surface area contributed by atoms with Crippen LogP contribution in [0.2, 0.25) is 0 Å². The predicted octanol–water partition coefficient (Wildman–Crippen LogP) is 3.52. The number of nitrogens with one attached hydrogen (secondary N) is 2. The lowest BCUT2D eigenvalue weighted by atomic mass is 10.2. The second-order valence-electron chi connectivity index (χ2n) is 6.01. The molecule has 0 saturated heterocycles. The molecule has 0 spiro atoms. The van der Waals surface area contributed by atoms with E-state index < -0.39 is 35.4 Å². The molecule has 10 heteroatoms. The number of aromatic nitrogens is 2. The summed E-state index contributed by atoms with van der Waals surface area (Å²) in [4.78, 5) is 31.4. The fourth-order valence-electron chi connectivity index (χ4n) is 2.38. The van der Waals surface area contributed by atoms with Gasteiger partial charge in [-0.15, -0.1) is 11.3 Å². The molecule has 29 heavy (non-hydrogen) atoms. The van der Waals surface area contributed by atoms with Crippen LogP contribution >= 0.6 is 11.3 Å². The number of amides is 1. The molecule has 1 amide bonds. The normalized spacial score (nSPS) is 11.3. The van der Waals surface area contributed by atoms with Crippen LogP contribution in [0, 0.1) is 0 Å². The maximum absolute atomic E-state index is 13.4. The van der Waals surface area contributed by atoms with Gasteiger partial charge in [0.05, 0.1) is 4.88 Å². The van der Waals surface area contributed by atoms with Crippen LogP contribution in [0.25, 0.3) is 10.7 Å². The Kier molecular flexibility index (Phi) is 5.92. The first-order chi connectivity index (χ1) is 13.8. The van der Waals surface area contributed by atoms with Gasteiger partial charge in [-0.2, -0.15) is 8.78 Å². The van der Waals surface area contributed by atoms with E-state index in [9.17, 15) is 23.5 Å². The highest BCUT2D eigenvalue weighted by Gasteiger charge is 2.28. The van der Waals surface area contributed by atoms with Gasteiger partial charge in [0.15, 0.2) is 11.5 Å². The lowest BCUT2D eigenvalue weighted by molar-refractivity contribution is -0.177. The van der Waals surface area contributed by atoms with E-state index >= 15 is 0 Å². The number of carbonyl (C=O) groups is 1. The van der Waals surface area contributed by atoms with Gasteiger partial charge in [0.25, 0.3) is 11.5 Å². The molecule has 0 atom stereocenters. The van der Waals surface area contributed by atoms with Gasteiger partial charge in [-0.1, -0.05) is 25.1 Å². The summed E-state index contributed by atoms with van der Waals surface area (Å²) in [6, 6.07) is 9.33. The number of nitrogens with zero attached hydrogens (tertiary/aromatic N) is 1. The summed E-state index contributed by atoms with van der Waals surface area (Å²) >= 11 is 1.31. The van der Waals surface area contributed by atoms with Crippen molar-refractivity contribution in [1.82, 2.24) is 15.3 Å². The third-order valence-corrected chi connectivity index (χ3v) is 4.77. The first kappa shape index (κ1) is 20.5. The summed E-state index contributed by atoms with van der Waals surface area (Å²) in [5, 5.41) is 14.2. The number of H-pyrrole nitrogens is 1. The number of ether oxygens (including phenoxy) is 1. The number of alkyl halides is 2. The molecular formula is C19H17F2N3O4S. The van der Waals surface area contributed by atoms with Crippen molar-refractivity contribution in [3.8, 4) is 22.2 Å². The van der Waals surface area contributed by atoms with Gasteiger partial charge in [0.1, 0.15) is 5.75 Å². The number of halogens is 2. The zero-order valence-electron chi connectivity index (χ0n) is 15.2. The van der Waals surface area contributed by atoms with Crippen LogP contribution in [-0.2, 0) is 6.54 Å². The largest absolute Gasteiger partial charge is 0.501 e. The molecule has 0 aliphatic carbocycles. The number of hydrogen-bond acceptors (Lipinski definition) is 6. The van der Waals surface area contributed by atoms with Crippen molar-refractivity contribution < 1.29 is 23.4 Å². The Labute approximate surface area is 168 Å². The van der Waals surface area contributed by atoms with Crippen LogP contribution in [0.3, 0.4) is 0 Å². The lowest BCUT2D eigenvalue weighted by Gasteiger charge is -2.16. The van der Waals surface area contributed by atoms with E-state index in [1.807, 2.05) is 0 Å². The number of hydrogen-bond donors (Lipinski definition) is 3. The van der Waals surface area contributed by atoms with Gasteiger partial charge < -0.3 is 20.1 Å². The average molecular weight is 421 g/mol. The molecule has 3 N–H and O–H groups in total. The molecule has 3 aromatic rings. The Balaban J connectivity index is 1.76. The van der Waals surface area contributed by atoms with Gasteiger partial charge >= 0.3 is 6.11 Å². The van der Waals surface area contributed by atoms with Crippen LogP contribution in [0.15, 0.2) is 46.6 Å². The summed E-state index contributed by atoms with van der Waals surface area (Å²) in [6.07, 6.45) is -3.77. The Bertz CT molecular complexity index is 1070. The molecule has 0 aliphatic rings. The van der Waals surface area contributed by atoms with Gasteiger partial charge in [-0.25, -0.2) is 4.98 Å². The molecule has 2 aromatic heterocycles. The van der Waals surface area contributed by atoms with Crippen LogP contribution in [0.4, 0.5) is 8.78 Å². The first-order valence-corrected chi connectivity index (χ1v) is 9.48.